The number of aliphatic hydroxyl groups is 1. The molecule has 0 bridgehead atoms. The van der Waals surface area contributed by atoms with E-state index in [1.165, 1.54) is 0 Å². The first kappa shape index (κ1) is 14.2. The number of aliphatic hydroxyl groups excluding tert-OH is 1. The number of carbonyl (C=O) groups excluding carboxylic acids is 1. The molecule has 0 unspecified atom stereocenters. The molecule has 0 aromatic heterocycles. The van der Waals surface area contributed by atoms with Crippen molar-refractivity contribution in [3.05, 3.63) is 0 Å². The summed E-state index contributed by atoms with van der Waals surface area (Å²) in [4.78, 5) is 10.6. The Morgan fingerprint density at radius 3 is 2.53 bits per heavy atom. The minimum Gasteiger partial charge on any atom is -0.394 e. The number of halogens is 3. The topological polar surface area (TPSA) is 58.6 Å². The van der Waals surface area contributed by atoms with Gasteiger partial charge in [-0.2, -0.15) is 13.2 Å². The SMILES string of the molecule is O=C(CC(F)(F)F)NCCCOCCO. The van der Waals surface area contributed by atoms with Gasteiger partial charge in [-0.1, -0.05) is 0 Å². The standard InChI is InChI=1S/C8H14F3NO3/c9-8(10,11)6-7(14)12-2-1-4-15-5-3-13/h13H,1-6H2,(H,12,14). The van der Waals surface area contributed by atoms with E-state index in [-0.39, 0.29) is 19.8 Å². The summed E-state index contributed by atoms with van der Waals surface area (Å²) in [7, 11) is 0. The molecule has 0 rings (SSSR count). The first-order valence-corrected chi connectivity index (χ1v) is 4.48. The highest BCUT2D eigenvalue weighted by Gasteiger charge is 2.30. The smallest absolute Gasteiger partial charge is 0.394 e. The van der Waals surface area contributed by atoms with Gasteiger partial charge in [0.1, 0.15) is 6.42 Å². The van der Waals surface area contributed by atoms with Crippen LogP contribution < -0.4 is 5.32 Å². The predicted molar refractivity (Wildman–Crippen MR) is 46.2 cm³/mol. The summed E-state index contributed by atoms with van der Waals surface area (Å²) >= 11 is 0. The van der Waals surface area contributed by atoms with Crippen LogP contribution in [0.25, 0.3) is 0 Å². The fourth-order valence-corrected chi connectivity index (χ4v) is 0.813. The molecule has 0 saturated heterocycles. The number of alkyl halides is 3. The number of hydrogen-bond donors (Lipinski definition) is 2. The zero-order valence-electron chi connectivity index (χ0n) is 8.14. The van der Waals surface area contributed by atoms with Gasteiger partial charge in [-0.15, -0.1) is 0 Å². The van der Waals surface area contributed by atoms with E-state index in [1.807, 2.05) is 0 Å². The van der Waals surface area contributed by atoms with Crippen molar-refractivity contribution >= 4 is 5.91 Å². The summed E-state index contributed by atoms with van der Waals surface area (Å²) < 4.78 is 39.8. The van der Waals surface area contributed by atoms with Gasteiger partial charge in [0.25, 0.3) is 0 Å². The Balaban J connectivity index is 3.32. The van der Waals surface area contributed by atoms with Crippen LogP contribution in [-0.4, -0.2) is 43.6 Å². The van der Waals surface area contributed by atoms with E-state index in [9.17, 15) is 18.0 Å². The van der Waals surface area contributed by atoms with Crippen molar-refractivity contribution in [2.75, 3.05) is 26.4 Å². The predicted octanol–water partition coefficient (Wildman–Crippen LogP) is 0.454. The maximum atomic E-state index is 11.7. The van der Waals surface area contributed by atoms with E-state index in [1.54, 1.807) is 0 Å². The summed E-state index contributed by atoms with van der Waals surface area (Å²) in [5, 5.41) is 10.4. The third kappa shape index (κ3) is 11.1. The van der Waals surface area contributed by atoms with Crippen molar-refractivity contribution in [1.82, 2.24) is 5.32 Å². The molecule has 0 spiro atoms. The molecular formula is C8H14F3NO3. The zero-order chi connectivity index (χ0) is 11.7. The van der Waals surface area contributed by atoms with Crippen LogP contribution in [0.4, 0.5) is 13.2 Å². The molecule has 2 N–H and O–H groups in total. The Morgan fingerprint density at radius 2 is 2.00 bits per heavy atom. The molecule has 90 valence electrons. The van der Waals surface area contributed by atoms with Crippen molar-refractivity contribution in [2.24, 2.45) is 0 Å². The first-order chi connectivity index (χ1) is 6.95. The van der Waals surface area contributed by atoms with Crippen molar-refractivity contribution in [3.8, 4) is 0 Å². The molecule has 0 aromatic carbocycles. The second-order valence-electron chi connectivity index (χ2n) is 2.83. The Hall–Kier alpha value is -0.820. The van der Waals surface area contributed by atoms with Crippen molar-refractivity contribution in [1.29, 1.82) is 0 Å². The third-order valence-corrected chi connectivity index (χ3v) is 1.38. The number of rotatable bonds is 7. The number of ether oxygens (including phenoxy) is 1. The van der Waals surface area contributed by atoms with E-state index < -0.39 is 18.5 Å². The highest BCUT2D eigenvalue weighted by molar-refractivity contribution is 5.76. The maximum Gasteiger partial charge on any atom is 0.397 e. The summed E-state index contributed by atoms with van der Waals surface area (Å²) in [5.41, 5.74) is 0. The van der Waals surface area contributed by atoms with Gasteiger partial charge in [0.2, 0.25) is 5.91 Å². The Labute approximate surface area is 85.4 Å². The molecule has 0 aromatic rings. The second-order valence-corrected chi connectivity index (χ2v) is 2.83. The molecule has 0 fully saturated rings. The third-order valence-electron chi connectivity index (χ3n) is 1.38. The van der Waals surface area contributed by atoms with Gasteiger partial charge in [0.15, 0.2) is 0 Å². The summed E-state index contributed by atoms with van der Waals surface area (Å²) in [6.07, 6.45) is -5.49. The minimum atomic E-state index is -4.46. The van der Waals surface area contributed by atoms with Crippen LogP contribution in [0.5, 0.6) is 0 Å². The lowest BCUT2D eigenvalue weighted by Crippen LogP contribution is -2.29. The van der Waals surface area contributed by atoms with Gasteiger partial charge in [0, 0.05) is 13.2 Å². The molecule has 1 amide bonds. The van der Waals surface area contributed by atoms with Crippen LogP contribution in [0.1, 0.15) is 12.8 Å². The fourth-order valence-electron chi connectivity index (χ4n) is 0.813. The molecule has 0 aliphatic carbocycles. The van der Waals surface area contributed by atoms with Crippen LogP contribution >= 0.6 is 0 Å². The quantitative estimate of drug-likeness (QED) is 0.623. The molecule has 0 saturated carbocycles. The molecule has 0 atom stereocenters. The van der Waals surface area contributed by atoms with Gasteiger partial charge in [-0.25, -0.2) is 0 Å². The van der Waals surface area contributed by atoms with E-state index in [0.717, 1.165) is 0 Å². The van der Waals surface area contributed by atoms with Gasteiger partial charge < -0.3 is 15.2 Å². The van der Waals surface area contributed by atoms with Crippen LogP contribution in [0, 0.1) is 0 Å². The largest absolute Gasteiger partial charge is 0.397 e. The first-order valence-electron chi connectivity index (χ1n) is 4.48. The number of hydrogen-bond acceptors (Lipinski definition) is 3. The normalized spacial score (nSPS) is 11.5. The zero-order valence-corrected chi connectivity index (χ0v) is 8.14. The van der Waals surface area contributed by atoms with Gasteiger partial charge in [-0.3, -0.25) is 4.79 Å². The molecule has 4 nitrogen and oxygen atoms in total. The minimum absolute atomic E-state index is 0.0968. The Kier molecular flexibility index (Phi) is 7.06. The molecule has 0 radical (unpaired) electrons. The van der Waals surface area contributed by atoms with Gasteiger partial charge in [-0.05, 0) is 6.42 Å². The van der Waals surface area contributed by atoms with E-state index in [4.69, 9.17) is 9.84 Å². The molecule has 15 heavy (non-hydrogen) atoms. The van der Waals surface area contributed by atoms with Gasteiger partial charge >= 0.3 is 6.18 Å². The Bertz CT molecular complexity index is 184. The second kappa shape index (κ2) is 7.47. The van der Waals surface area contributed by atoms with Crippen molar-refractivity contribution in [3.63, 3.8) is 0 Å². The van der Waals surface area contributed by atoms with Crippen LogP contribution in [0.3, 0.4) is 0 Å². The lowest BCUT2D eigenvalue weighted by Gasteiger charge is -2.07. The van der Waals surface area contributed by atoms with Crippen LogP contribution in [0.2, 0.25) is 0 Å². The Morgan fingerprint density at radius 1 is 1.33 bits per heavy atom. The average molecular weight is 229 g/mol. The molecule has 7 heteroatoms. The molecule has 0 heterocycles. The van der Waals surface area contributed by atoms with E-state index >= 15 is 0 Å². The molecule has 0 aliphatic rings. The monoisotopic (exact) mass is 229 g/mol. The van der Waals surface area contributed by atoms with Crippen LogP contribution in [0.15, 0.2) is 0 Å². The van der Waals surface area contributed by atoms with E-state index in [0.29, 0.717) is 13.0 Å². The van der Waals surface area contributed by atoms with E-state index in [2.05, 4.69) is 5.32 Å². The molecule has 0 aliphatic heterocycles. The van der Waals surface area contributed by atoms with Crippen molar-refractivity contribution < 1.29 is 27.8 Å². The molecular weight excluding hydrogens is 215 g/mol. The highest BCUT2D eigenvalue weighted by atomic mass is 19.4. The number of amides is 1. The number of carbonyl (C=O) groups is 1. The summed E-state index contributed by atoms with van der Waals surface area (Å²) in [5.74, 6) is -1.04. The van der Waals surface area contributed by atoms with Gasteiger partial charge in [0.05, 0.1) is 13.2 Å². The average Bonchev–Trinajstić information content (AvgIpc) is 2.08. The fraction of sp³-hybridized carbons (Fsp3) is 0.875. The van der Waals surface area contributed by atoms with Crippen molar-refractivity contribution in [2.45, 2.75) is 19.0 Å². The van der Waals surface area contributed by atoms with Crippen LogP contribution in [-0.2, 0) is 9.53 Å². The lowest BCUT2D eigenvalue weighted by atomic mass is 10.3. The highest BCUT2D eigenvalue weighted by Crippen LogP contribution is 2.18. The lowest BCUT2D eigenvalue weighted by molar-refractivity contribution is -0.153. The summed E-state index contributed by atoms with van der Waals surface area (Å²) in [6, 6.07) is 0. The summed E-state index contributed by atoms with van der Waals surface area (Å²) in [6.45, 7) is 0.532. The maximum absolute atomic E-state index is 11.7. The number of nitrogens with one attached hydrogen (secondary N) is 1.